The predicted octanol–water partition coefficient (Wildman–Crippen LogP) is 1.26. The molecule has 1 fully saturated rings. The van der Waals surface area contributed by atoms with Crippen molar-refractivity contribution in [2.75, 3.05) is 13.1 Å². The summed E-state index contributed by atoms with van der Waals surface area (Å²) >= 11 is 0. The van der Waals surface area contributed by atoms with E-state index >= 15 is 0 Å². The van der Waals surface area contributed by atoms with Crippen molar-refractivity contribution in [3.8, 4) is 0 Å². The van der Waals surface area contributed by atoms with Crippen LogP contribution in [0.15, 0.2) is 37.2 Å². The number of nitrogens with one attached hydrogen (secondary N) is 3. The Balaban J connectivity index is 1.35. The Labute approximate surface area is 164 Å². The normalized spacial score (nSPS) is 19.1. The van der Waals surface area contributed by atoms with E-state index in [0.717, 1.165) is 0 Å². The number of hydrogen-bond acceptors (Lipinski definition) is 6. The van der Waals surface area contributed by atoms with E-state index in [1.54, 1.807) is 29.4 Å². The molecule has 0 aromatic carbocycles. The first kappa shape index (κ1) is 17.3. The molecule has 2 amide bonds. The summed E-state index contributed by atoms with van der Waals surface area (Å²) in [6.07, 6.45) is 6.82. The fraction of sp³-hybridized carbons (Fsp3) is 0.263. The van der Waals surface area contributed by atoms with Crippen LogP contribution in [0, 0.1) is 0 Å². The Bertz CT molecular complexity index is 1250. The predicted molar refractivity (Wildman–Crippen MR) is 104 cm³/mol. The van der Waals surface area contributed by atoms with Crippen molar-refractivity contribution in [1.29, 1.82) is 0 Å². The molecule has 0 radical (unpaired) electrons. The summed E-state index contributed by atoms with van der Waals surface area (Å²) in [6, 6.07) is 3.56. The highest BCUT2D eigenvalue weighted by molar-refractivity contribution is 6.05. The Morgan fingerprint density at radius 3 is 2.31 bits per heavy atom. The lowest BCUT2D eigenvalue weighted by Crippen LogP contribution is -2.48. The summed E-state index contributed by atoms with van der Waals surface area (Å²) in [5.41, 5.74) is 1.34. The molecule has 1 aliphatic heterocycles. The number of amides is 2. The van der Waals surface area contributed by atoms with Crippen LogP contribution in [0.5, 0.6) is 0 Å². The monoisotopic (exact) mass is 390 g/mol. The van der Waals surface area contributed by atoms with Crippen molar-refractivity contribution in [2.24, 2.45) is 0 Å². The topological polar surface area (TPSA) is 133 Å². The van der Waals surface area contributed by atoms with E-state index in [-0.39, 0.29) is 11.8 Å². The van der Waals surface area contributed by atoms with Gasteiger partial charge in [-0.25, -0.2) is 19.9 Å². The van der Waals surface area contributed by atoms with Crippen LogP contribution in [0.1, 0.15) is 34.3 Å². The van der Waals surface area contributed by atoms with Gasteiger partial charge in [0.25, 0.3) is 11.8 Å². The zero-order valence-electron chi connectivity index (χ0n) is 15.6. The fourth-order valence-electron chi connectivity index (χ4n) is 3.82. The number of carbonyl (C=O) groups excluding carboxylic acids is 2. The van der Waals surface area contributed by atoms with Crippen molar-refractivity contribution < 1.29 is 9.59 Å². The largest absolute Gasteiger partial charge is 0.346 e. The molecule has 10 nitrogen and oxygen atoms in total. The first-order chi connectivity index (χ1) is 14.0. The highest BCUT2D eigenvalue weighted by Gasteiger charge is 2.38. The third kappa shape index (κ3) is 2.89. The molecule has 1 saturated heterocycles. The molecule has 4 aromatic rings. The quantitative estimate of drug-likeness (QED) is 0.482. The molecule has 1 unspecified atom stereocenters. The number of nitrogens with zero attached hydrogens (tertiary/aromatic N) is 5. The molecule has 1 atom stereocenters. The number of H-pyrrole nitrogens is 2. The zero-order valence-corrected chi connectivity index (χ0v) is 15.6. The van der Waals surface area contributed by atoms with Crippen LogP contribution in [-0.4, -0.2) is 65.2 Å². The minimum Gasteiger partial charge on any atom is -0.346 e. The van der Waals surface area contributed by atoms with E-state index in [1.807, 2.05) is 6.92 Å². The van der Waals surface area contributed by atoms with Gasteiger partial charge >= 0.3 is 0 Å². The molecule has 10 heteroatoms. The maximum absolute atomic E-state index is 13.0. The molecule has 5 heterocycles. The van der Waals surface area contributed by atoms with Crippen LogP contribution in [0.2, 0.25) is 0 Å². The van der Waals surface area contributed by atoms with Crippen molar-refractivity contribution in [3.63, 3.8) is 0 Å². The molecule has 0 bridgehead atoms. The first-order valence-corrected chi connectivity index (χ1v) is 9.22. The Morgan fingerprint density at radius 2 is 1.62 bits per heavy atom. The average molecular weight is 390 g/mol. The SMILES string of the molecule is CC1(NC(=O)c2ncnc3[nH]ccc23)CCN(C(=O)c2ncnc3[nH]ccc23)C1. The maximum atomic E-state index is 13.0. The van der Waals surface area contributed by atoms with Crippen molar-refractivity contribution >= 4 is 33.9 Å². The van der Waals surface area contributed by atoms with Crippen LogP contribution in [0.3, 0.4) is 0 Å². The van der Waals surface area contributed by atoms with Crippen LogP contribution in [0.4, 0.5) is 0 Å². The Kier molecular flexibility index (Phi) is 3.79. The van der Waals surface area contributed by atoms with Gasteiger partial charge in [0.2, 0.25) is 0 Å². The molecule has 5 rings (SSSR count). The minimum atomic E-state index is -0.565. The zero-order chi connectivity index (χ0) is 20.0. The number of aromatic amines is 2. The third-order valence-electron chi connectivity index (χ3n) is 5.30. The molecule has 0 aliphatic carbocycles. The smallest absolute Gasteiger partial charge is 0.273 e. The summed E-state index contributed by atoms with van der Waals surface area (Å²) in [4.78, 5) is 50.1. The first-order valence-electron chi connectivity index (χ1n) is 9.22. The van der Waals surface area contributed by atoms with Gasteiger partial charge in [0.15, 0.2) is 0 Å². The van der Waals surface area contributed by atoms with E-state index in [4.69, 9.17) is 0 Å². The third-order valence-corrected chi connectivity index (χ3v) is 5.30. The lowest BCUT2D eigenvalue weighted by atomic mass is 10.0. The van der Waals surface area contributed by atoms with Gasteiger partial charge in [-0.1, -0.05) is 0 Å². The summed E-state index contributed by atoms with van der Waals surface area (Å²) < 4.78 is 0. The average Bonchev–Trinajstić information content (AvgIpc) is 3.45. The second-order valence-electron chi connectivity index (χ2n) is 7.42. The molecule has 3 N–H and O–H groups in total. The molecular formula is C19H18N8O2. The number of rotatable bonds is 3. The molecule has 1 aliphatic rings. The van der Waals surface area contributed by atoms with E-state index in [9.17, 15) is 9.59 Å². The van der Waals surface area contributed by atoms with Crippen molar-refractivity contribution in [1.82, 2.24) is 40.1 Å². The van der Waals surface area contributed by atoms with Gasteiger partial charge in [-0.2, -0.15) is 0 Å². The van der Waals surface area contributed by atoms with Crippen LogP contribution in [-0.2, 0) is 0 Å². The molecule has 0 spiro atoms. The second kappa shape index (κ2) is 6.36. The van der Waals surface area contributed by atoms with Gasteiger partial charge in [-0.05, 0) is 25.5 Å². The van der Waals surface area contributed by atoms with Crippen molar-refractivity contribution in [2.45, 2.75) is 18.9 Å². The summed E-state index contributed by atoms with van der Waals surface area (Å²) in [7, 11) is 0. The van der Waals surface area contributed by atoms with Gasteiger partial charge in [0.05, 0.1) is 16.3 Å². The maximum Gasteiger partial charge on any atom is 0.273 e. The van der Waals surface area contributed by atoms with Crippen LogP contribution < -0.4 is 5.32 Å². The van der Waals surface area contributed by atoms with E-state index in [1.165, 1.54) is 12.7 Å². The van der Waals surface area contributed by atoms with Crippen molar-refractivity contribution in [3.05, 3.63) is 48.6 Å². The number of carbonyl (C=O) groups is 2. The summed E-state index contributed by atoms with van der Waals surface area (Å²) in [6.45, 7) is 2.84. The number of aromatic nitrogens is 6. The van der Waals surface area contributed by atoms with Gasteiger partial charge in [0, 0.05) is 25.5 Å². The molecule has 0 saturated carbocycles. The van der Waals surface area contributed by atoms with Gasteiger partial charge in [-0.3, -0.25) is 9.59 Å². The minimum absolute atomic E-state index is 0.176. The number of hydrogen-bond donors (Lipinski definition) is 3. The van der Waals surface area contributed by atoms with Crippen LogP contribution >= 0.6 is 0 Å². The van der Waals surface area contributed by atoms with Gasteiger partial charge in [-0.15, -0.1) is 0 Å². The number of likely N-dealkylation sites (tertiary alicyclic amines) is 1. The Morgan fingerprint density at radius 1 is 1.00 bits per heavy atom. The molecule has 146 valence electrons. The molecule has 4 aromatic heterocycles. The lowest BCUT2D eigenvalue weighted by molar-refractivity contribution is 0.0765. The standard InChI is InChI=1S/C19H18N8O2/c1-19(26-17(28)13-11-2-5-20-15(11)24-9-22-13)4-7-27(8-19)18(29)14-12-3-6-21-16(12)25-10-23-14/h2-3,5-6,9-10H,4,7-8H2,1H3,(H,26,28)(H,20,22,24)(H,21,23,25). The van der Waals surface area contributed by atoms with E-state index in [0.29, 0.717) is 53.0 Å². The highest BCUT2D eigenvalue weighted by atomic mass is 16.2. The highest BCUT2D eigenvalue weighted by Crippen LogP contribution is 2.25. The molecular weight excluding hydrogens is 372 g/mol. The molecule has 29 heavy (non-hydrogen) atoms. The second-order valence-corrected chi connectivity index (χ2v) is 7.42. The Hall–Kier alpha value is -3.82. The van der Waals surface area contributed by atoms with E-state index in [2.05, 4.69) is 35.2 Å². The van der Waals surface area contributed by atoms with Gasteiger partial charge < -0.3 is 20.2 Å². The van der Waals surface area contributed by atoms with Gasteiger partial charge in [0.1, 0.15) is 35.3 Å². The summed E-state index contributed by atoms with van der Waals surface area (Å²) in [5, 5.41) is 4.39. The van der Waals surface area contributed by atoms with Crippen LogP contribution in [0.25, 0.3) is 22.1 Å². The lowest BCUT2D eigenvalue weighted by Gasteiger charge is -2.26. The fourth-order valence-corrected chi connectivity index (χ4v) is 3.82. The number of fused-ring (bicyclic) bond motifs is 2. The van der Waals surface area contributed by atoms with E-state index < -0.39 is 5.54 Å². The summed E-state index contributed by atoms with van der Waals surface area (Å²) in [5.74, 6) is -0.464.